The molecular weight excluding hydrogens is 82.0 g/mol. The van der Waals surface area contributed by atoms with Crippen molar-refractivity contribution < 1.29 is 0 Å². The molecule has 0 fully saturated rings. The van der Waals surface area contributed by atoms with Crippen molar-refractivity contribution in [3.8, 4) is 0 Å². The number of nitrogens with zero attached hydrogens (tertiary/aromatic N) is 2. The Kier molecular flexibility index (Phi) is 3.64. The molecule has 0 aliphatic rings. The maximum Gasteiger partial charge on any atom is 0.102 e. The van der Waals surface area contributed by atoms with E-state index in [9.17, 15) is 4.91 Å². The van der Waals surface area contributed by atoms with Gasteiger partial charge in [-0.1, -0.05) is 5.18 Å². The van der Waals surface area contributed by atoms with E-state index in [-0.39, 0.29) is 13.1 Å². The highest BCUT2D eigenvalue weighted by molar-refractivity contribution is 4.38. The molecule has 0 atom stereocenters. The van der Waals surface area contributed by atoms with Crippen molar-refractivity contribution in [2.24, 2.45) is 10.3 Å². The van der Waals surface area contributed by atoms with Gasteiger partial charge in [-0.15, -0.1) is 0 Å². The topological polar surface area (TPSA) is 65.6 Å². The Hall–Kier alpha value is -0.800. The number of nitrogens with one attached hydrogen (secondary N) is 1. The predicted molar refractivity (Wildman–Crippen MR) is 20.7 cm³/mol. The average molecular weight is 87.1 g/mol. The van der Waals surface area contributed by atoms with Gasteiger partial charge in [-0.2, -0.15) is 10.0 Å². The summed E-state index contributed by atoms with van der Waals surface area (Å²) in [5.41, 5.74) is 6.13. The van der Waals surface area contributed by atoms with Crippen molar-refractivity contribution in [3.05, 3.63) is 4.91 Å². The SMILES string of the molecule is N=NCCN=O. The van der Waals surface area contributed by atoms with Gasteiger partial charge in [0.1, 0.15) is 6.54 Å². The Morgan fingerprint density at radius 1 is 1.50 bits per heavy atom. The van der Waals surface area contributed by atoms with E-state index in [0.717, 1.165) is 0 Å². The number of rotatable bonds is 3. The summed E-state index contributed by atoms with van der Waals surface area (Å²) in [5.74, 6) is 0. The molecule has 0 aromatic carbocycles. The van der Waals surface area contributed by atoms with E-state index in [1.807, 2.05) is 0 Å². The first-order chi connectivity index (χ1) is 2.91. The Bertz CT molecular complexity index is 44.8. The molecule has 4 heteroatoms. The van der Waals surface area contributed by atoms with Crippen LogP contribution < -0.4 is 0 Å². The molecule has 0 radical (unpaired) electrons. The van der Waals surface area contributed by atoms with Crippen LogP contribution in [-0.4, -0.2) is 13.1 Å². The molecule has 0 aliphatic heterocycles. The smallest absolute Gasteiger partial charge is 0.102 e. The molecular formula is C2H5N3O. The van der Waals surface area contributed by atoms with Crippen LogP contribution >= 0.6 is 0 Å². The highest BCUT2D eigenvalue weighted by Gasteiger charge is 1.72. The van der Waals surface area contributed by atoms with Crippen LogP contribution in [0.2, 0.25) is 0 Å². The van der Waals surface area contributed by atoms with Gasteiger partial charge in [-0.3, -0.25) is 0 Å². The lowest BCUT2D eigenvalue weighted by Gasteiger charge is -1.71. The first kappa shape index (κ1) is 5.20. The van der Waals surface area contributed by atoms with Gasteiger partial charge in [0, 0.05) is 0 Å². The van der Waals surface area contributed by atoms with Crippen molar-refractivity contribution in [3.63, 3.8) is 0 Å². The molecule has 0 aromatic rings. The van der Waals surface area contributed by atoms with Crippen LogP contribution in [0.25, 0.3) is 0 Å². The summed E-state index contributed by atoms with van der Waals surface area (Å²) in [6, 6.07) is 0. The van der Waals surface area contributed by atoms with Gasteiger partial charge in [0.25, 0.3) is 0 Å². The molecule has 34 valence electrons. The van der Waals surface area contributed by atoms with Gasteiger partial charge >= 0.3 is 0 Å². The minimum Gasteiger partial charge on any atom is -0.210 e. The minimum absolute atomic E-state index is 0.128. The van der Waals surface area contributed by atoms with Crippen molar-refractivity contribution in [2.75, 3.05) is 13.1 Å². The summed E-state index contributed by atoms with van der Waals surface area (Å²) in [6.45, 7) is 0.354. The molecule has 0 rings (SSSR count). The second kappa shape index (κ2) is 4.20. The minimum atomic E-state index is 0.128. The number of hydrogen-bond acceptors (Lipinski definition) is 4. The fourth-order valence-corrected chi connectivity index (χ4v) is 0.0908. The van der Waals surface area contributed by atoms with Crippen LogP contribution in [0.4, 0.5) is 0 Å². The summed E-state index contributed by atoms with van der Waals surface area (Å²) in [7, 11) is 0. The Morgan fingerprint density at radius 2 is 2.17 bits per heavy atom. The standard InChI is InChI=1S/C2H5N3O/c3-4-1-2-5-6/h3H,1-2H2. The van der Waals surface area contributed by atoms with Gasteiger partial charge in [0.05, 0.1) is 6.54 Å². The molecule has 0 spiro atoms. The van der Waals surface area contributed by atoms with E-state index in [0.29, 0.717) is 0 Å². The largest absolute Gasteiger partial charge is 0.210 e. The average Bonchev–Trinajstić information content (AvgIpc) is 1.61. The first-order valence-electron chi connectivity index (χ1n) is 1.54. The molecule has 0 bridgehead atoms. The van der Waals surface area contributed by atoms with Gasteiger partial charge in [-0.05, 0) is 0 Å². The fourth-order valence-electron chi connectivity index (χ4n) is 0.0908. The second-order valence-electron chi connectivity index (χ2n) is 0.734. The predicted octanol–water partition coefficient (Wildman–Crippen LogP) is 0.784. The number of nitroso groups, excluding NO2 is 1. The summed E-state index contributed by atoms with van der Waals surface area (Å²) >= 11 is 0. The summed E-state index contributed by atoms with van der Waals surface area (Å²) in [4.78, 5) is 9.17. The van der Waals surface area contributed by atoms with E-state index in [2.05, 4.69) is 10.3 Å². The van der Waals surface area contributed by atoms with Crippen molar-refractivity contribution in [1.29, 1.82) is 5.53 Å². The second-order valence-corrected chi connectivity index (χ2v) is 0.734. The highest BCUT2D eigenvalue weighted by Crippen LogP contribution is 1.66. The van der Waals surface area contributed by atoms with Crippen LogP contribution in [0, 0.1) is 10.4 Å². The summed E-state index contributed by atoms with van der Waals surface area (Å²) < 4.78 is 0. The van der Waals surface area contributed by atoms with Crippen LogP contribution in [-0.2, 0) is 0 Å². The third-order valence-electron chi connectivity index (χ3n) is 0.303. The fraction of sp³-hybridized carbons (Fsp3) is 1.00. The normalized spacial score (nSPS) is 7.33. The first-order valence-corrected chi connectivity index (χ1v) is 1.54. The van der Waals surface area contributed by atoms with Gasteiger partial charge in [0.2, 0.25) is 0 Å². The van der Waals surface area contributed by atoms with Crippen molar-refractivity contribution >= 4 is 0 Å². The molecule has 0 heterocycles. The molecule has 0 aromatic heterocycles. The molecule has 4 nitrogen and oxygen atoms in total. The molecule has 6 heavy (non-hydrogen) atoms. The highest BCUT2D eigenvalue weighted by atomic mass is 16.3. The van der Waals surface area contributed by atoms with E-state index in [1.54, 1.807) is 0 Å². The maximum absolute atomic E-state index is 9.17. The molecule has 1 N–H and O–H groups in total. The van der Waals surface area contributed by atoms with Crippen LogP contribution in [0.5, 0.6) is 0 Å². The van der Waals surface area contributed by atoms with Gasteiger partial charge in [-0.25, -0.2) is 5.53 Å². The third kappa shape index (κ3) is 3.20. The van der Waals surface area contributed by atoms with Gasteiger partial charge in [0.15, 0.2) is 0 Å². The molecule has 0 aliphatic carbocycles. The van der Waals surface area contributed by atoms with Crippen molar-refractivity contribution in [1.82, 2.24) is 0 Å². The van der Waals surface area contributed by atoms with E-state index in [4.69, 9.17) is 5.53 Å². The third-order valence-corrected chi connectivity index (χ3v) is 0.303. The molecule has 0 saturated carbocycles. The van der Waals surface area contributed by atoms with Crippen LogP contribution in [0.3, 0.4) is 0 Å². The van der Waals surface area contributed by atoms with E-state index >= 15 is 0 Å². The van der Waals surface area contributed by atoms with Crippen LogP contribution in [0.1, 0.15) is 0 Å². The Balaban J connectivity index is 2.66. The van der Waals surface area contributed by atoms with Crippen LogP contribution in [0.15, 0.2) is 10.3 Å². The molecule has 0 unspecified atom stereocenters. The molecule has 0 amide bonds. The summed E-state index contributed by atoms with van der Waals surface area (Å²) in [6.07, 6.45) is 0. The lowest BCUT2D eigenvalue weighted by atomic mass is 10.7. The zero-order chi connectivity index (χ0) is 4.83. The lowest BCUT2D eigenvalue weighted by Crippen LogP contribution is -1.79. The quantitative estimate of drug-likeness (QED) is 0.308. The van der Waals surface area contributed by atoms with E-state index in [1.165, 1.54) is 0 Å². The van der Waals surface area contributed by atoms with Crippen molar-refractivity contribution in [2.45, 2.75) is 0 Å². The zero-order valence-electron chi connectivity index (χ0n) is 3.22. The van der Waals surface area contributed by atoms with E-state index < -0.39 is 0 Å². The maximum atomic E-state index is 9.17. The lowest BCUT2D eigenvalue weighted by molar-refractivity contribution is 0.872. The molecule has 0 saturated heterocycles. The Morgan fingerprint density at radius 3 is 2.33 bits per heavy atom. The zero-order valence-corrected chi connectivity index (χ0v) is 3.22. The van der Waals surface area contributed by atoms with Gasteiger partial charge < -0.3 is 0 Å². The Labute approximate surface area is 35.0 Å². The summed E-state index contributed by atoms with van der Waals surface area (Å²) in [5, 5.41) is 5.34. The number of hydrogen-bond donors (Lipinski definition) is 1. The monoisotopic (exact) mass is 87.0 g/mol.